The van der Waals surface area contributed by atoms with Crippen LogP contribution in [-0.4, -0.2) is 29.1 Å². The van der Waals surface area contributed by atoms with Crippen LogP contribution >= 0.6 is 8.46 Å². The van der Waals surface area contributed by atoms with Crippen LogP contribution in [0.3, 0.4) is 0 Å². The van der Waals surface area contributed by atoms with Crippen LogP contribution in [0.5, 0.6) is 0 Å². The van der Waals surface area contributed by atoms with Crippen LogP contribution in [-0.2, 0) is 4.57 Å². The van der Waals surface area contributed by atoms with Crippen molar-refractivity contribution in [2.75, 3.05) is 12.8 Å². The average molecular weight is 123 g/mol. The molecule has 0 heterocycles. The van der Waals surface area contributed by atoms with Gasteiger partial charge in [-0.25, -0.2) is 0 Å². The number of aliphatic hydroxyl groups excluding tert-OH is 2. The van der Waals surface area contributed by atoms with Crippen molar-refractivity contribution in [1.29, 1.82) is 0 Å². The number of hydrogen-bond acceptors (Lipinski definition) is 3. The molecule has 0 amide bonds. The van der Waals surface area contributed by atoms with E-state index in [9.17, 15) is 4.57 Å². The normalized spacial score (nSPS) is 14.6. The Kier molecular flexibility index (Phi) is 4.20. The molecule has 0 bridgehead atoms. The molecule has 0 aliphatic carbocycles. The van der Waals surface area contributed by atoms with Gasteiger partial charge < -0.3 is 10.2 Å². The summed E-state index contributed by atoms with van der Waals surface area (Å²) in [5, 5.41) is 16.5. The largest absolute Gasteiger partial charge is 0.394 e. The van der Waals surface area contributed by atoms with Gasteiger partial charge in [0.25, 0.3) is 0 Å². The number of aliphatic hydroxyl groups is 2. The fourth-order valence-electron chi connectivity index (χ4n) is 0.161. The second-order valence-corrected chi connectivity index (χ2v) is 1.88. The Labute approximate surface area is 43.2 Å². The van der Waals surface area contributed by atoms with Gasteiger partial charge in [0.15, 0.2) is 0 Å². The van der Waals surface area contributed by atoms with E-state index < -0.39 is 14.6 Å². The molecule has 0 aromatic carbocycles. The van der Waals surface area contributed by atoms with E-state index in [1.807, 2.05) is 0 Å². The molecule has 0 spiro atoms. The lowest BCUT2D eigenvalue weighted by Crippen LogP contribution is -2.12. The van der Waals surface area contributed by atoms with Crippen molar-refractivity contribution in [2.24, 2.45) is 0 Å². The van der Waals surface area contributed by atoms with E-state index in [2.05, 4.69) is 0 Å². The fraction of sp³-hybridized carbons (Fsp3) is 1.00. The molecule has 0 aliphatic rings. The molecule has 4 heteroatoms. The SMILES string of the molecule is O=[PH]CC(O)CO. The van der Waals surface area contributed by atoms with Crippen molar-refractivity contribution in [2.45, 2.75) is 6.10 Å². The summed E-state index contributed by atoms with van der Waals surface area (Å²) in [5.74, 6) is 0. The van der Waals surface area contributed by atoms with Gasteiger partial charge in [-0.3, -0.25) is 4.57 Å². The molecule has 2 unspecified atom stereocenters. The first kappa shape index (κ1) is 7.02. The molecule has 1 radical (unpaired) electrons. The van der Waals surface area contributed by atoms with Crippen LogP contribution < -0.4 is 0 Å². The standard InChI is InChI=1S/C3H8O3P/c4-1-3(5)2-7-6/h3-5,7H,1-2H2. The van der Waals surface area contributed by atoms with Gasteiger partial charge in [-0.05, 0) is 0 Å². The third-order valence-corrected chi connectivity index (χ3v) is 1.17. The Morgan fingerprint density at radius 2 is 2.29 bits per heavy atom. The third-order valence-electron chi connectivity index (χ3n) is 0.530. The molecule has 3 nitrogen and oxygen atoms in total. The Morgan fingerprint density at radius 3 is 2.43 bits per heavy atom. The summed E-state index contributed by atoms with van der Waals surface area (Å²) < 4.78 is 9.66. The quantitative estimate of drug-likeness (QED) is 0.491. The minimum Gasteiger partial charge on any atom is -0.394 e. The first-order valence-electron chi connectivity index (χ1n) is 1.95. The zero-order valence-electron chi connectivity index (χ0n) is 3.79. The van der Waals surface area contributed by atoms with Crippen LogP contribution in [0.15, 0.2) is 0 Å². The van der Waals surface area contributed by atoms with Crippen LogP contribution in [0.1, 0.15) is 0 Å². The van der Waals surface area contributed by atoms with Gasteiger partial charge in [0, 0.05) is 6.16 Å². The lowest BCUT2D eigenvalue weighted by molar-refractivity contribution is 0.113. The van der Waals surface area contributed by atoms with Crippen LogP contribution in [0.4, 0.5) is 0 Å². The van der Waals surface area contributed by atoms with E-state index in [0.29, 0.717) is 0 Å². The zero-order valence-corrected chi connectivity index (χ0v) is 4.79. The molecular weight excluding hydrogens is 115 g/mol. The summed E-state index contributed by atoms with van der Waals surface area (Å²) in [6.07, 6.45) is -0.618. The maximum Gasteiger partial charge on any atom is 0.0867 e. The first-order chi connectivity index (χ1) is 3.31. The highest BCUT2D eigenvalue weighted by molar-refractivity contribution is 7.23. The van der Waals surface area contributed by atoms with E-state index in [0.717, 1.165) is 0 Å². The predicted octanol–water partition coefficient (Wildman–Crippen LogP) is -0.636. The van der Waals surface area contributed by atoms with Gasteiger partial charge in [-0.15, -0.1) is 0 Å². The molecule has 0 aromatic heterocycles. The van der Waals surface area contributed by atoms with Crippen molar-refractivity contribution in [3.8, 4) is 0 Å². The average Bonchev–Trinajstić information content (AvgIpc) is 1.68. The maximum atomic E-state index is 9.66. The lowest BCUT2D eigenvalue weighted by Gasteiger charge is -1.96. The maximum absolute atomic E-state index is 9.66. The van der Waals surface area contributed by atoms with Crippen LogP contribution in [0, 0.1) is 0 Å². The molecule has 0 fully saturated rings. The van der Waals surface area contributed by atoms with Gasteiger partial charge in [0.05, 0.1) is 21.2 Å². The van der Waals surface area contributed by atoms with Gasteiger partial charge in [0.1, 0.15) is 0 Å². The van der Waals surface area contributed by atoms with Crippen LogP contribution in [0.25, 0.3) is 0 Å². The Balaban J connectivity index is 2.98. The Bertz CT molecular complexity index is 56.1. The molecule has 7 heavy (non-hydrogen) atoms. The minimum atomic E-state index is -0.796. The van der Waals surface area contributed by atoms with Crippen molar-refractivity contribution >= 4 is 8.46 Å². The zero-order chi connectivity index (χ0) is 5.70. The fourth-order valence-corrected chi connectivity index (χ4v) is 0.482. The third kappa shape index (κ3) is 3.86. The van der Waals surface area contributed by atoms with E-state index in [-0.39, 0.29) is 12.8 Å². The summed E-state index contributed by atoms with van der Waals surface area (Å²) in [6.45, 7) is -0.296. The second-order valence-electron chi connectivity index (χ2n) is 1.18. The molecule has 43 valence electrons. The van der Waals surface area contributed by atoms with Crippen molar-refractivity contribution < 1.29 is 14.8 Å². The topological polar surface area (TPSA) is 57.5 Å². The number of hydrogen-bond donors (Lipinski definition) is 2. The van der Waals surface area contributed by atoms with Gasteiger partial charge in [0.2, 0.25) is 0 Å². The summed E-state index contributed by atoms with van der Waals surface area (Å²) in [4.78, 5) is 0. The molecule has 0 saturated heterocycles. The highest BCUT2D eigenvalue weighted by Gasteiger charge is 1.96. The van der Waals surface area contributed by atoms with Gasteiger partial charge >= 0.3 is 0 Å². The molecule has 2 N–H and O–H groups in total. The van der Waals surface area contributed by atoms with Crippen molar-refractivity contribution in [3.05, 3.63) is 0 Å². The monoisotopic (exact) mass is 123 g/mol. The minimum absolute atomic E-state index is 0.177. The van der Waals surface area contributed by atoms with E-state index in [4.69, 9.17) is 10.2 Å². The van der Waals surface area contributed by atoms with Gasteiger partial charge in [-0.1, -0.05) is 0 Å². The van der Waals surface area contributed by atoms with Crippen molar-refractivity contribution in [1.82, 2.24) is 0 Å². The molecule has 0 saturated carbocycles. The molecule has 2 atom stereocenters. The predicted molar refractivity (Wildman–Crippen MR) is 27.0 cm³/mol. The van der Waals surface area contributed by atoms with Gasteiger partial charge in [-0.2, -0.15) is 0 Å². The van der Waals surface area contributed by atoms with Crippen LogP contribution in [0.2, 0.25) is 0 Å². The Hall–Kier alpha value is 0.0200. The molecule has 0 aromatic rings. The van der Waals surface area contributed by atoms with E-state index in [1.165, 1.54) is 0 Å². The highest BCUT2D eigenvalue weighted by atomic mass is 31.1. The molecule has 0 aliphatic heterocycles. The van der Waals surface area contributed by atoms with E-state index in [1.54, 1.807) is 0 Å². The summed E-state index contributed by atoms with van der Waals surface area (Å²) in [5.41, 5.74) is 0. The highest BCUT2D eigenvalue weighted by Crippen LogP contribution is 1.93. The van der Waals surface area contributed by atoms with Crippen molar-refractivity contribution in [3.63, 3.8) is 0 Å². The Morgan fingerprint density at radius 1 is 1.71 bits per heavy atom. The first-order valence-corrected chi connectivity index (χ1v) is 3.06. The summed E-state index contributed by atoms with van der Waals surface area (Å²) >= 11 is 0. The molecular formula is C3H8O3P. The lowest BCUT2D eigenvalue weighted by atomic mass is 10.4. The summed E-state index contributed by atoms with van der Waals surface area (Å²) in [7, 11) is -0.515. The molecule has 0 rings (SSSR count). The van der Waals surface area contributed by atoms with E-state index >= 15 is 0 Å². The number of rotatable bonds is 3. The summed E-state index contributed by atoms with van der Waals surface area (Å²) in [6, 6.07) is 0. The second kappa shape index (κ2) is 4.19. The smallest absolute Gasteiger partial charge is 0.0867 e.